The maximum atomic E-state index is 4.38. The van der Waals surface area contributed by atoms with Gasteiger partial charge in [-0.05, 0) is 28.5 Å². The quantitative estimate of drug-likeness (QED) is 0.738. The van der Waals surface area contributed by atoms with Crippen LogP contribution in [-0.4, -0.2) is 9.97 Å². The van der Waals surface area contributed by atoms with Crippen LogP contribution < -0.4 is 5.32 Å². The number of aromatic nitrogens is 2. The average Bonchev–Trinajstić information content (AvgIpc) is 2.87. The van der Waals surface area contributed by atoms with Gasteiger partial charge in [-0.2, -0.15) is 0 Å². The lowest BCUT2D eigenvalue weighted by molar-refractivity contribution is 0.592. The molecule has 1 aromatic carbocycles. The van der Waals surface area contributed by atoms with Gasteiger partial charge in [0, 0.05) is 5.69 Å². The Morgan fingerprint density at radius 3 is 2.65 bits per heavy atom. The van der Waals surface area contributed by atoms with E-state index in [-0.39, 0.29) is 5.41 Å². The summed E-state index contributed by atoms with van der Waals surface area (Å²) in [6.07, 6.45) is 1.61. The Morgan fingerprint density at radius 1 is 1.05 bits per heavy atom. The molecular weight excluding hydrogens is 266 g/mol. The molecule has 2 aromatic heterocycles. The summed E-state index contributed by atoms with van der Waals surface area (Å²) < 4.78 is 0. The van der Waals surface area contributed by atoms with Crippen LogP contribution in [0.5, 0.6) is 0 Å². The van der Waals surface area contributed by atoms with Gasteiger partial charge < -0.3 is 5.32 Å². The van der Waals surface area contributed by atoms with E-state index in [1.807, 2.05) is 11.4 Å². The Kier molecular flexibility index (Phi) is 3.18. The van der Waals surface area contributed by atoms with Gasteiger partial charge in [0.2, 0.25) is 0 Å². The van der Waals surface area contributed by atoms with Gasteiger partial charge in [-0.3, -0.25) is 0 Å². The second-order valence-corrected chi connectivity index (χ2v) is 6.68. The van der Waals surface area contributed by atoms with Crippen molar-refractivity contribution < 1.29 is 0 Å². The van der Waals surface area contributed by atoms with Gasteiger partial charge in [0.05, 0.1) is 5.39 Å². The molecule has 0 saturated carbocycles. The molecule has 20 heavy (non-hydrogen) atoms. The number of anilines is 2. The Bertz CT molecular complexity index is 741. The normalized spacial score (nSPS) is 11.8. The minimum Gasteiger partial charge on any atom is -0.339 e. The Morgan fingerprint density at radius 2 is 1.85 bits per heavy atom. The molecular formula is C16H17N3S. The second-order valence-electron chi connectivity index (χ2n) is 5.78. The van der Waals surface area contributed by atoms with E-state index in [0.29, 0.717) is 0 Å². The standard InChI is InChI=1S/C16H17N3S/c1-16(2,3)12-6-4-5-7-13(12)19-14-11-8-9-20-15(11)18-10-17-14/h4-10H,1-3H3,(H,17,18,19). The molecule has 0 saturated heterocycles. The van der Waals surface area contributed by atoms with Crippen LogP contribution >= 0.6 is 11.3 Å². The topological polar surface area (TPSA) is 37.8 Å². The number of para-hydroxylation sites is 1. The second kappa shape index (κ2) is 4.87. The summed E-state index contributed by atoms with van der Waals surface area (Å²) in [5.74, 6) is 0.868. The lowest BCUT2D eigenvalue weighted by atomic mass is 9.86. The molecule has 0 aliphatic heterocycles. The van der Waals surface area contributed by atoms with E-state index in [2.05, 4.69) is 60.3 Å². The number of hydrogen-bond acceptors (Lipinski definition) is 4. The van der Waals surface area contributed by atoms with Gasteiger partial charge in [0.25, 0.3) is 0 Å². The SMILES string of the molecule is CC(C)(C)c1ccccc1Nc1ncnc2sccc12. The maximum absolute atomic E-state index is 4.38. The average molecular weight is 283 g/mol. The molecule has 1 N–H and O–H groups in total. The first-order valence-electron chi connectivity index (χ1n) is 6.60. The number of thiophene rings is 1. The number of fused-ring (bicyclic) bond motifs is 1. The van der Waals surface area contributed by atoms with E-state index in [0.717, 1.165) is 21.7 Å². The Balaban J connectivity index is 2.06. The van der Waals surface area contributed by atoms with Gasteiger partial charge in [-0.15, -0.1) is 11.3 Å². The summed E-state index contributed by atoms with van der Waals surface area (Å²) >= 11 is 1.63. The fraction of sp³-hybridized carbons (Fsp3) is 0.250. The van der Waals surface area contributed by atoms with Gasteiger partial charge in [0.15, 0.2) is 0 Å². The van der Waals surface area contributed by atoms with Crippen molar-refractivity contribution in [2.24, 2.45) is 0 Å². The number of benzene rings is 1. The van der Waals surface area contributed by atoms with E-state index in [1.54, 1.807) is 17.7 Å². The predicted octanol–water partition coefficient (Wildman–Crippen LogP) is 4.73. The summed E-state index contributed by atoms with van der Waals surface area (Å²) in [5.41, 5.74) is 2.47. The summed E-state index contributed by atoms with van der Waals surface area (Å²) in [6, 6.07) is 10.4. The van der Waals surface area contributed by atoms with E-state index >= 15 is 0 Å². The first-order valence-corrected chi connectivity index (χ1v) is 7.48. The lowest BCUT2D eigenvalue weighted by Gasteiger charge is -2.23. The maximum Gasteiger partial charge on any atom is 0.142 e. The van der Waals surface area contributed by atoms with Crippen molar-refractivity contribution in [1.29, 1.82) is 0 Å². The fourth-order valence-electron chi connectivity index (χ4n) is 2.26. The van der Waals surface area contributed by atoms with Crippen molar-refractivity contribution in [1.82, 2.24) is 9.97 Å². The molecule has 0 aliphatic rings. The smallest absolute Gasteiger partial charge is 0.142 e. The van der Waals surface area contributed by atoms with Crippen molar-refractivity contribution in [3.8, 4) is 0 Å². The number of nitrogens with one attached hydrogen (secondary N) is 1. The molecule has 4 heteroatoms. The summed E-state index contributed by atoms with van der Waals surface area (Å²) in [6.45, 7) is 6.65. The van der Waals surface area contributed by atoms with Crippen molar-refractivity contribution in [2.45, 2.75) is 26.2 Å². The molecule has 0 fully saturated rings. The lowest BCUT2D eigenvalue weighted by Crippen LogP contribution is -2.13. The number of rotatable bonds is 2. The first kappa shape index (κ1) is 13.1. The van der Waals surface area contributed by atoms with Crippen molar-refractivity contribution in [3.63, 3.8) is 0 Å². The molecule has 102 valence electrons. The third-order valence-electron chi connectivity index (χ3n) is 3.25. The highest BCUT2D eigenvalue weighted by molar-refractivity contribution is 7.16. The molecule has 0 aliphatic carbocycles. The molecule has 0 unspecified atom stereocenters. The number of nitrogens with zero attached hydrogens (tertiary/aromatic N) is 2. The summed E-state index contributed by atoms with van der Waals surface area (Å²) in [4.78, 5) is 9.67. The van der Waals surface area contributed by atoms with Crippen LogP contribution in [0.2, 0.25) is 0 Å². The first-order chi connectivity index (χ1) is 9.55. The predicted molar refractivity (Wildman–Crippen MR) is 85.8 cm³/mol. The van der Waals surface area contributed by atoms with Crippen LogP contribution in [0.15, 0.2) is 42.0 Å². The van der Waals surface area contributed by atoms with E-state index < -0.39 is 0 Å². The zero-order chi connectivity index (χ0) is 14.2. The highest BCUT2D eigenvalue weighted by Crippen LogP contribution is 2.33. The molecule has 0 radical (unpaired) electrons. The monoisotopic (exact) mass is 283 g/mol. The van der Waals surface area contributed by atoms with Crippen LogP contribution in [0.25, 0.3) is 10.2 Å². The van der Waals surface area contributed by atoms with Crippen molar-refractivity contribution in [3.05, 3.63) is 47.6 Å². The number of hydrogen-bond donors (Lipinski definition) is 1. The molecule has 3 rings (SSSR count). The van der Waals surface area contributed by atoms with Crippen LogP contribution in [0.4, 0.5) is 11.5 Å². The van der Waals surface area contributed by atoms with Gasteiger partial charge >= 0.3 is 0 Å². The van der Waals surface area contributed by atoms with Gasteiger partial charge in [-0.25, -0.2) is 9.97 Å². The molecule has 0 spiro atoms. The summed E-state index contributed by atoms with van der Waals surface area (Å²) in [7, 11) is 0. The zero-order valence-electron chi connectivity index (χ0n) is 11.8. The Hall–Kier alpha value is -1.94. The minimum absolute atomic E-state index is 0.0877. The molecule has 0 bridgehead atoms. The minimum atomic E-state index is 0.0877. The Labute approximate surface area is 122 Å². The fourth-order valence-corrected chi connectivity index (χ4v) is 3.00. The molecule has 2 heterocycles. The van der Waals surface area contributed by atoms with E-state index in [1.165, 1.54) is 5.56 Å². The highest BCUT2D eigenvalue weighted by Gasteiger charge is 2.18. The zero-order valence-corrected chi connectivity index (χ0v) is 12.7. The van der Waals surface area contributed by atoms with Gasteiger partial charge in [-0.1, -0.05) is 39.0 Å². The van der Waals surface area contributed by atoms with Gasteiger partial charge in [0.1, 0.15) is 17.0 Å². The van der Waals surface area contributed by atoms with Crippen molar-refractivity contribution >= 4 is 33.1 Å². The van der Waals surface area contributed by atoms with Crippen molar-refractivity contribution in [2.75, 3.05) is 5.32 Å². The van der Waals surface area contributed by atoms with Crippen LogP contribution in [0, 0.1) is 0 Å². The van der Waals surface area contributed by atoms with E-state index in [9.17, 15) is 0 Å². The van der Waals surface area contributed by atoms with Crippen LogP contribution in [-0.2, 0) is 5.41 Å². The molecule has 3 aromatic rings. The third kappa shape index (κ3) is 2.39. The van der Waals surface area contributed by atoms with E-state index in [4.69, 9.17) is 0 Å². The van der Waals surface area contributed by atoms with Crippen LogP contribution in [0.1, 0.15) is 26.3 Å². The van der Waals surface area contributed by atoms with Crippen LogP contribution in [0.3, 0.4) is 0 Å². The highest BCUT2D eigenvalue weighted by atomic mass is 32.1. The molecule has 0 amide bonds. The third-order valence-corrected chi connectivity index (χ3v) is 4.07. The molecule has 3 nitrogen and oxygen atoms in total. The summed E-state index contributed by atoms with van der Waals surface area (Å²) in [5, 5.41) is 6.58. The molecule has 0 atom stereocenters. The largest absolute Gasteiger partial charge is 0.339 e.